The van der Waals surface area contributed by atoms with Crippen molar-refractivity contribution < 1.29 is 33.3 Å². The summed E-state index contributed by atoms with van der Waals surface area (Å²) in [5.74, 6) is 0.219. The van der Waals surface area contributed by atoms with Crippen molar-refractivity contribution in [1.82, 2.24) is 4.90 Å². The van der Waals surface area contributed by atoms with Crippen LogP contribution in [-0.2, 0) is 20.9 Å². The van der Waals surface area contributed by atoms with Gasteiger partial charge in [-0.1, -0.05) is 6.07 Å². The number of rotatable bonds is 6. The van der Waals surface area contributed by atoms with Gasteiger partial charge in [0.1, 0.15) is 28.5 Å². The normalized spacial score (nSPS) is 16.1. The van der Waals surface area contributed by atoms with Crippen LogP contribution in [0, 0.1) is 6.92 Å². The standard InChI is InChI=1S/C30H33N3O7S/c1-18-6-11-25(41-18)27(34)39-17-22-20(9-10-23-26(22)32(4)28(35)30(2,3)31-23)21-8-7-19(16-24(21)37-5)40-29(36)33-12-14-38-15-13-33/h6-11,16,31H,12-15,17H2,1-5H3. The van der Waals surface area contributed by atoms with Crippen LogP contribution in [-0.4, -0.2) is 68.9 Å². The summed E-state index contributed by atoms with van der Waals surface area (Å²) < 4.78 is 22.4. The van der Waals surface area contributed by atoms with Gasteiger partial charge in [-0.2, -0.15) is 0 Å². The molecule has 0 bridgehead atoms. The van der Waals surface area contributed by atoms with Gasteiger partial charge in [-0.3, -0.25) is 4.79 Å². The number of carbonyl (C=O) groups excluding carboxylic acids is 3. The number of hydrogen-bond donors (Lipinski definition) is 1. The number of esters is 1. The Hall–Kier alpha value is -4.09. The minimum absolute atomic E-state index is 0.0784. The highest BCUT2D eigenvalue weighted by Crippen LogP contribution is 2.45. The smallest absolute Gasteiger partial charge is 0.415 e. The Morgan fingerprint density at radius 3 is 2.49 bits per heavy atom. The molecule has 2 aliphatic heterocycles. The fraction of sp³-hybridized carbons (Fsp3) is 0.367. The predicted molar refractivity (Wildman–Crippen MR) is 156 cm³/mol. The van der Waals surface area contributed by atoms with Gasteiger partial charge in [-0.15, -0.1) is 11.3 Å². The second-order valence-corrected chi connectivity index (χ2v) is 11.7. The Morgan fingerprint density at radius 1 is 1.07 bits per heavy atom. The average Bonchev–Trinajstić information content (AvgIpc) is 3.41. The summed E-state index contributed by atoms with van der Waals surface area (Å²) in [5.41, 5.74) is 2.59. The van der Waals surface area contributed by atoms with Crippen molar-refractivity contribution in [2.24, 2.45) is 0 Å². The maximum atomic E-state index is 13.2. The molecule has 5 rings (SSSR count). The number of hydrogen-bond acceptors (Lipinski definition) is 9. The van der Waals surface area contributed by atoms with E-state index in [4.69, 9.17) is 18.9 Å². The molecule has 0 atom stereocenters. The first kappa shape index (κ1) is 28.4. The number of methoxy groups -OCH3 is 1. The lowest BCUT2D eigenvalue weighted by atomic mass is 9.92. The van der Waals surface area contributed by atoms with Gasteiger partial charge in [-0.05, 0) is 56.7 Å². The zero-order chi connectivity index (χ0) is 29.3. The molecular formula is C30H33N3O7S. The van der Waals surface area contributed by atoms with Gasteiger partial charge in [0.2, 0.25) is 0 Å². The second kappa shape index (κ2) is 11.4. The summed E-state index contributed by atoms with van der Waals surface area (Å²) >= 11 is 1.36. The molecule has 216 valence electrons. The van der Waals surface area contributed by atoms with Gasteiger partial charge < -0.3 is 34.1 Å². The molecule has 0 unspecified atom stereocenters. The molecule has 0 spiro atoms. The van der Waals surface area contributed by atoms with Crippen LogP contribution in [0.5, 0.6) is 11.5 Å². The van der Waals surface area contributed by atoms with Crippen LogP contribution in [0.15, 0.2) is 42.5 Å². The van der Waals surface area contributed by atoms with E-state index in [0.717, 1.165) is 10.6 Å². The summed E-state index contributed by atoms with van der Waals surface area (Å²) in [6.45, 7) is 7.36. The monoisotopic (exact) mass is 579 g/mol. The molecule has 1 fully saturated rings. The van der Waals surface area contributed by atoms with E-state index in [9.17, 15) is 14.4 Å². The molecule has 0 saturated carbocycles. The van der Waals surface area contributed by atoms with Gasteiger partial charge >= 0.3 is 12.1 Å². The zero-order valence-corrected chi connectivity index (χ0v) is 24.6. The number of benzene rings is 2. The topological polar surface area (TPSA) is 107 Å². The maximum Gasteiger partial charge on any atom is 0.415 e. The predicted octanol–water partition coefficient (Wildman–Crippen LogP) is 5.09. The van der Waals surface area contributed by atoms with Crippen LogP contribution >= 0.6 is 11.3 Å². The van der Waals surface area contributed by atoms with E-state index in [2.05, 4.69) is 5.32 Å². The SMILES string of the molecule is COc1cc(OC(=O)N2CCOCC2)ccc1-c1ccc2c(c1COC(=O)c1ccc(C)s1)N(C)C(=O)C(C)(C)N2. The van der Waals surface area contributed by atoms with Gasteiger partial charge in [0, 0.05) is 42.2 Å². The van der Waals surface area contributed by atoms with Gasteiger partial charge in [-0.25, -0.2) is 9.59 Å². The largest absolute Gasteiger partial charge is 0.496 e. The van der Waals surface area contributed by atoms with Crippen LogP contribution < -0.4 is 19.7 Å². The fourth-order valence-corrected chi connectivity index (χ4v) is 5.81. The van der Waals surface area contributed by atoms with Crippen molar-refractivity contribution in [3.8, 4) is 22.6 Å². The third-order valence-corrected chi connectivity index (χ3v) is 8.11. The third kappa shape index (κ3) is 5.73. The second-order valence-electron chi connectivity index (χ2n) is 10.4. The van der Waals surface area contributed by atoms with E-state index < -0.39 is 17.6 Å². The summed E-state index contributed by atoms with van der Waals surface area (Å²) in [6.07, 6.45) is -0.456. The van der Waals surface area contributed by atoms with Crippen LogP contribution in [0.4, 0.5) is 16.2 Å². The number of amides is 2. The number of nitrogens with one attached hydrogen (secondary N) is 1. The highest BCUT2D eigenvalue weighted by molar-refractivity contribution is 7.13. The number of fused-ring (bicyclic) bond motifs is 1. The molecule has 41 heavy (non-hydrogen) atoms. The minimum Gasteiger partial charge on any atom is -0.496 e. The highest BCUT2D eigenvalue weighted by Gasteiger charge is 2.39. The fourth-order valence-electron chi connectivity index (χ4n) is 5.05. The molecule has 3 aromatic rings. The lowest BCUT2D eigenvalue weighted by Crippen LogP contribution is -2.52. The molecule has 1 saturated heterocycles. The summed E-state index contributed by atoms with van der Waals surface area (Å²) in [5, 5.41) is 3.32. The van der Waals surface area contributed by atoms with Crippen LogP contribution in [0.2, 0.25) is 0 Å². The number of carbonyl (C=O) groups is 3. The maximum absolute atomic E-state index is 13.2. The molecule has 2 aliphatic rings. The molecule has 3 heterocycles. The van der Waals surface area contributed by atoms with E-state index in [1.807, 2.05) is 39.0 Å². The lowest BCUT2D eigenvalue weighted by molar-refractivity contribution is -0.121. The van der Waals surface area contributed by atoms with E-state index in [0.29, 0.717) is 65.1 Å². The number of morpholine rings is 1. The minimum atomic E-state index is -0.810. The Labute approximate surface area is 242 Å². The van der Waals surface area contributed by atoms with Gasteiger partial charge in [0.05, 0.1) is 31.7 Å². The summed E-state index contributed by atoms with van der Waals surface area (Å²) in [4.78, 5) is 43.5. The number of thiophene rings is 1. The Morgan fingerprint density at radius 2 is 1.80 bits per heavy atom. The first-order chi connectivity index (χ1) is 19.6. The van der Waals surface area contributed by atoms with Crippen molar-refractivity contribution in [2.75, 3.05) is 50.7 Å². The van der Waals surface area contributed by atoms with E-state index in [1.165, 1.54) is 18.4 Å². The zero-order valence-electron chi connectivity index (χ0n) is 23.7. The first-order valence-electron chi connectivity index (χ1n) is 13.3. The van der Waals surface area contributed by atoms with Crippen molar-refractivity contribution in [3.63, 3.8) is 0 Å². The third-order valence-electron chi connectivity index (χ3n) is 7.13. The molecule has 1 aromatic heterocycles. The molecule has 0 radical (unpaired) electrons. The number of ether oxygens (including phenoxy) is 4. The summed E-state index contributed by atoms with van der Waals surface area (Å²) in [6, 6.07) is 12.5. The number of aryl methyl sites for hydroxylation is 1. The van der Waals surface area contributed by atoms with Crippen molar-refractivity contribution in [3.05, 3.63) is 57.8 Å². The molecule has 10 nitrogen and oxygen atoms in total. The van der Waals surface area contributed by atoms with Crippen molar-refractivity contribution in [2.45, 2.75) is 32.9 Å². The van der Waals surface area contributed by atoms with Gasteiger partial charge in [0.25, 0.3) is 5.91 Å². The molecular weight excluding hydrogens is 546 g/mol. The van der Waals surface area contributed by atoms with E-state index >= 15 is 0 Å². The van der Waals surface area contributed by atoms with E-state index in [1.54, 1.807) is 41.1 Å². The number of likely N-dealkylation sites (N-methyl/N-ethyl adjacent to an activating group) is 1. The number of nitrogens with zero attached hydrogens (tertiary/aromatic N) is 2. The first-order valence-corrected chi connectivity index (χ1v) is 14.1. The Bertz CT molecular complexity index is 1490. The Balaban J connectivity index is 1.52. The van der Waals surface area contributed by atoms with Gasteiger partial charge in [0.15, 0.2) is 0 Å². The molecule has 2 aromatic carbocycles. The highest BCUT2D eigenvalue weighted by atomic mass is 32.1. The number of anilines is 2. The Kier molecular flexibility index (Phi) is 7.92. The van der Waals surface area contributed by atoms with Crippen LogP contribution in [0.3, 0.4) is 0 Å². The molecule has 2 amide bonds. The van der Waals surface area contributed by atoms with Crippen LogP contribution in [0.1, 0.15) is 34.0 Å². The molecule has 1 N–H and O–H groups in total. The molecule has 0 aliphatic carbocycles. The van der Waals surface area contributed by atoms with Crippen LogP contribution in [0.25, 0.3) is 11.1 Å². The lowest BCUT2D eigenvalue weighted by Gasteiger charge is -2.39. The summed E-state index contributed by atoms with van der Waals surface area (Å²) in [7, 11) is 3.25. The quantitative estimate of drug-likeness (QED) is 0.403. The van der Waals surface area contributed by atoms with Crippen molar-refractivity contribution in [1.29, 1.82) is 0 Å². The van der Waals surface area contributed by atoms with Crippen molar-refractivity contribution >= 4 is 40.7 Å². The molecule has 11 heteroatoms. The van der Waals surface area contributed by atoms with E-state index in [-0.39, 0.29) is 12.5 Å². The average molecular weight is 580 g/mol.